The highest BCUT2D eigenvalue weighted by atomic mass is 35.5. The Morgan fingerprint density at radius 3 is 2.48 bits per heavy atom. The van der Waals surface area contributed by atoms with Gasteiger partial charge in [-0.15, -0.1) is 0 Å². The van der Waals surface area contributed by atoms with Crippen LogP contribution in [0.25, 0.3) is 0 Å². The van der Waals surface area contributed by atoms with Crippen molar-refractivity contribution in [2.24, 2.45) is 0 Å². The van der Waals surface area contributed by atoms with Crippen LogP contribution in [0.3, 0.4) is 0 Å². The minimum absolute atomic E-state index is 0.466. The highest BCUT2D eigenvalue weighted by Crippen LogP contribution is 2.31. The largest absolute Gasteiger partial charge is 0.388 e. The van der Waals surface area contributed by atoms with Gasteiger partial charge >= 0.3 is 0 Å². The number of aliphatic hydroxyl groups is 1. The SMILES string of the molecule is CCCCCN(CCC(O)c1cccc(Cl)c1Cl)C(C)C. The Kier molecular flexibility index (Phi) is 8.65. The maximum absolute atomic E-state index is 10.4. The average Bonchev–Trinajstić information content (AvgIpc) is 2.44. The Labute approximate surface area is 139 Å². The summed E-state index contributed by atoms with van der Waals surface area (Å²) < 4.78 is 0. The van der Waals surface area contributed by atoms with Crippen LogP contribution in [0.15, 0.2) is 18.2 Å². The lowest BCUT2D eigenvalue weighted by molar-refractivity contribution is 0.129. The van der Waals surface area contributed by atoms with E-state index in [0.29, 0.717) is 22.5 Å². The zero-order chi connectivity index (χ0) is 15.8. The van der Waals surface area contributed by atoms with Gasteiger partial charge in [0.2, 0.25) is 0 Å². The fourth-order valence-corrected chi connectivity index (χ4v) is 2.85. The van der Waals surface area contributed by atoms with E-state index >= 15 is 0 Å². The number of hydrogen-bond acceptors (Lipinski definition) is 2. The molecule has 2 nitrogen and oxygen atoms in total. The molecule has 0 aliphatic rings. The van der Waals surface area contributed by atoms with Gasteiger partial charge in [-0.3, -0.25) is 0 Å². The molecule has 0 fully saturated rings. The highest BCUT2D eigenvalue weighted by Gasteiger charge is 2.16. The van der Waals surface area contributed by atoms with E-state index in [4.69, 9.17) is 23.2 Å². The summed E-state index contributed by atoms with van der Waals surface area (Å²) in [6, 6.07) is 5.90. The average molecular weight is 332 g/mol. The normalized spacial score (nSPS) is 13.1. The zero-order valence-corrected chi connectivity index (χ0v) is 14.8. The Balaban J connectivity index is 2.56. The first-order valence-corrected chi connectivity index (χ1v) is 8.59. The zero-order valence-electron chi connectivity index (χ0n) is 13.3. The fraction of sp³-hybridized carbons (Fsp3) is 0.647. The molecule has 1 aromatic carbocycles. The lowest BCUT2D eigenvalue weighted by Crippen LogP contribution is -2.33. The van der Waals surface area contributed by atoms with Crippen LogP contribution < -0.4 is 0 Å². The number of benzene rings is 1. The molecule has 1 rings (SSSR count). The summed E-state index contributed by atoms with van der Waals surface area (Å²) in [5.41, 5.74) is 0.724. The van der Waals surface area contributed by atoms with Crippen molar-refractivity contribution in [1.82, 2.24) is 4.90 Å². The van der Waals surface area contributed by atoms with Gasteiger partial charge in [0.1, 0.15) is 0 Å². The van der Waals surface area contributed by atoms with Gasteiger partial charge in [-0.05, 0) is 39.3 Å². The molecule has 1 aromatic rings. The first-order chi connectivity index (χ1) is 9.97. The maximum atomic E-state index is 10.4. The number of halogens is 2. The monoisotopic (exact) mass is 331 g/mol. The number of rotatable bonds is 9. The number of nitrogens with zero attached hydrogens (tertiary/aromatic N) is 1. The second-order valence-corrected chi connectivity index (χ2v) is 6.57. The second kappa shape index (κ2) is 9.68. The standard InChI is InChI=1S/C17H27Cl2NO/c1-4-5-6-11-20(13(2)3)12-10-16(21)14-8-7-9-15(18)17(14)19/h7-9,13,16,21H,4-6,10-12H2,1-3H3. The van der Waals surface area contributed by atoms with Gasteiger partial charge in [-0.1, -0.05) is 55.1 Å². The van der Waals surface area contributed by atoms with Gasteiger partial charge < -0.3 is 10.0 Å². The molecule has 21 heavy (non-hydrogen) atoms. The molecule has 0 aromatic heterocycles. The Morgan fingerprint density at radius 1 is 1.14 bits per heavy atom. The van der Waals surface area contributed by atoms with Crippen LogP contribution in [0.5, 0.6) is 0 Å². The van der Waals surface area contributed by atoms with E-state index in [9.17, 15) is 5.11 Å². The van der Waals surface area contributed by atoms with E-state index < -0.39 is 6.10 Å². The molecule has 0 spiro atoms. The third kappa shape index (κ3) is 6.15. The minimum Gasteiger partial charge on any atom is -0.388 e. The Bertz CT molecular complexity index is 423. The Hall–Kier alpha value is -0.280. The molecule has 0 aliphatic heterocycles. The minimum atomic E-state index is -0.566. The number of aliphatic hydroxyl groups excluding tert-OH is 1. The van der Waals surface area contributed by atoms with Crippen molar-refractivity contribution < 1.29 is 5.11 Å². The van der Waals surface area contributed by atoms with Crippen molar-refractivity contribution in [2.75, 3.05) is 13.1 Å². The molecule has 0 saturated heterocycles. The lowest BCUT2D eigenvalue weighted by atomic mass is 10.1. The van der Waals surface area contributed by atoms with Crippen molar-refractivity contribution in [2.45, 2.75) is 58.6 Å². The molecule has 1 atom stereocenters. The van der Waals surface area contributed by atoms with Crippen LogP contribution in [-0.4, -0.2) is 29.1 Å². The van der Waals surface area contributed by atoms with E-state index in [0.717, 1.165) is 18.7 Å². The van der Waals surface area contributed by atoms with E-state index in [-0.39, 0.29) is 0 Å². The molecule has 4 heteroatoms. The van der Waals surface area contributed by atoms with Gasteiger partial charge in [0, 0.05) is 18.2 Å². The summed E-state index contributed by atoms with van der Waals surface area (Å²) in [6.45, 7) is 8.56. The summed E-state index contributed by atoms with van der Waals surface area (Å²) >= 11 is 12.2. The second-order valence-electron chi connectivity index (χ2n) is 5.78. The van der Waals surface area contributed by atoms with E-state index in [1.165, 1.54) is 19.3 Å². The summed E-state index contributed by atoms with van der Waals surface area (Å²) in [5, 5.41) is 11.3. The topological polar surface area (TPSA) is 23.5 Å². The van der Waals surface area contributed by atoms with Gasteiger partial charge in [-0.25, -0.2) is 0 Å². The fourth-order valence-electron chi connectivity index (χ4n) is 2.41. The van der Waals surface area contributed by atoms with E-state index in [1.807, 2.05) is 12.1 Å². The third-order valence-corrected chi connectivity index (χ3v) is 4.64. The predicted molar refractivity (Wildman–Crippen MR) is 92.3 cm³/mol. The summed E-state index contributed by atoms with van der Waals surface area (Å²) in [6.07, 6.45) is 3.80. The predicted octanol–water partition coefficient (Wildman–Crippen LogP) is 5.32. The first-order valence-electron chi connectivity index (χ1n) is 7.83. The van der Waals surface area contributed by atoms with Crippen molar-refractivity contribution >= 4 is 23.2 Å². The lowest BCUT2D eigenvalue weighted by Gasteiger charge is -2.27. The molecule has 1 N–H and O–H groups in total. The van der Waals surface area contributed by atoms with Gasteiger partial charge in [0.25, 0.3) is 0 Å². The van der Waals surface area contributed by atoms with Crippen molar-refractivity contribution in [3.05, 3.63) is 33.8 Å². The van der Waals surface area contributed by atoms with Gasteiger partial charge in [0.15, 0.2) is 0 Å². The molecule has 0 radical (unpaired) electrons. The van der Waals surface area contributed by atoms with Crippen LogP contribution in [0, 0.1) is 0 Å². The van der Waals surface area contributed by atoms with Gasteiger partial charge in [-0.2, -0.15) is 0 Å². The smallest absolute Gasteiger partial charge is 0.0817 e. The number of hydrogen-bond donors (Lipinski definition) is 1. The Morgan fingerprint density at radius 2 is 1.86 bits per heavy atom. The molecule has 0 bridgehead atoms. The first kappa shape index (κ1) is 18.8. The van der Waals surface area contributed by atoms with Crippen molar-refractivity contribution in [3.8, 4) is 0 Å². The van der Waals surface area contributed by atoms with Crippen LogP contribution in [-0.2, 0) is 0 Å². The third-order valence-electron chi connectivity index (χ3n) is 3.81. The molecule has 0 amide bonds. The molecular formula is C17H27Cl2NO. The van der Waals surface area contributed by atoms with Crippen molar-refractivity contribution in [1.29, 1.82) is 0 Å². The van der Waals surface area contributed by atoms with Gasteiger partial charge in [0.05, 0.1) is 16.1 Å². The summed E-state index contributed by atoms with van der Waals surface area (Å²) in [4.78, 5) is 2.41. The van der Waals surface area contributed by atoms with E-state index in [1.54, 1.807) is 6.07 Å². The van der Waals surface area contributed by atoms with Crippen LogP contribution >= 0.6 is 23.2 Å². The van der Waals surface area contributed by atoms with Crippen LogP contribution in [0.1, 0.15) is 58.1 Å². The quantitative estimate of drug-likeness (QED) is 0.619. The van der Waals surface area contributed by atoms with E-state index in [2.05, 4.69) is 25.7 Å². The van der Waals surface area contributed by atoms with Crippen molar-refractivity contribution in [3.63, 3.8) is 0 Å². The van der Waals surface area contributed by atoms with Crippen LogP contribution in [0.2, 0.25) is 10.0 Å². The summed E-state index contributed by atoms with van der Waals surface area (Å²) in [7, 11) is 0. The molecule has 1 unspecified atom stereocenters. The molecular weight excluding hydrogens is 305 g/mol. The van der Waals surface area contributed by atoms with Crippen LogP contribution in [0.4, 0.5) is 0 Å². The number of unbranched alkanes of at least 4 members (excludes halogenated alkanes) is 2. The highest BCUT2D eigenvalue weighted by molar-refractivity contribution is 6.42. The maximum Gasteiger partial charge on any atom is 0.0817 e. The molecule has 0 heterocycles. The summed E-state index contributed by atoms with van der Waals surface area (Å²) in [5.74, 6) is 0. The molecule has 120 valence electrons. The molecule has 0 aliphatic carbocycles. The molecule has 0 saturated carbocycles.